The molecule has 218 valence electrons. The zero-order valence-corrected chi connectivity index (χ0v) is 24.4. The molecule has 1 unspecified atom stereocenters. The van der Waals surface area contributed by atoms with Crippen LogP contribution in [-0.4, -0.2) is 57.3 Å². The van der Waals surface area contributed by atoms with E-state index in [9.17, 15) is 5.11 Å². The van der Waals surface area contributed by atoms with Gasteiger partial charge in [-0.1, -0.05) is 129 Å². The normalized spacial score (nSPS) is 12.4. The average molecular weight is 515 g/mol. The lowest BCUT2D eigenvalue weighted by Crippen LogP contribution is -2.33. The van der Waals surface area contributed by atoms with Crippen LogP contribution in [-0.2, 0) is 9.47 Å². The monoisotopic (exact) mass is 515 g/mol. The van der Waals surface area contributed by atoms with Gasteiger partial charge in [-0.2, -0.15) is 0 Å². The highest BCUT2D eigenvalue weighted by molar-refractivity contribution is 4.58. The van der Waals surface area contributed by atoms with Gasteiger partial charge in [0.1, 0.15) is 0 Å². The van der Waals surface area contributed by atoms with E-state index >= 15 is 0 Å². The quantitative estimate of drug-likeness (QED) is 0.0809. The molecule has 0 aliphatic carbocycles. The van der Waals surface area contributed by atoms with E-state index in [4.69, 9.17) is 15.2 Å². The van der Waals surface area contributed by atoms with E-state index in [0.717, 1.165) is 32.8 Å². The van der Waals surface area contributed by atoms with Gasteiger partial charge in [-0.25, -0.2) is 0 Å². The number of aliphatic hydroxyl groups excluding tert-OH is 1. The zero-order chi connectivity index (χ0) is 26.2. The summed E-state index contributed by atoms with van der Waals surface area (Å²) in [7, 11) is 0. The summed E-state index contributed by atoms with van der Waals surface area (Å²) in [6.45, 7) is 7.31. The van der Waals surface area contributed by atoms with Crippen LogP contribution in [0.5, 0.6) is 0 Å². The topological polar surface area (TPSA) is 76.7 Å². The molecule has 0 bridgehead atoms. The second-order valence-corrected chi connectivity index (χ2v) is 10.8. The van der Waals surface area contributed by atoms with Crippen molar-refractivity contribution in [2.24, 2.45) is 5.73 Å². The Morgan fingerprint density at radius 2 is 0.917 bits per heavy atom. The maximum Gasteiger partial charge on any atom is 0.0897 e. The lowest BCUT2D eigenvalue weighted by Gasteiger charge is -2.11. The fourth-order valence-corrected chi connectivity index (χ4v) is 4.62. The predicted molar refractivity (Wildman–Crippen MR) is 157 cm³/mol. The van der Waals surface area contributed by atoms with Gasteiger partial charge in [-0.05, 0) is 19.3 Å². The third-order valence-corrected chi connectivity index (χ3v) is 6.98. The van der Waals surface area contributed by atoms with E-state index in [1.807, 2.05) is 0 Å². The summed E-state index contributed by atoms with van der Waals surface area (Å²) in [5.74, 6) is 0. The molecule has 0 rings (SSSR count). The SMILES string of the molecule is CCCCCCCCCCCCOCCCCCCCCCCCCCCOCC(O)CNCCN. The maximum atomic E-state index is 9.73. The van der Waals surface area contributed by atoms with Gasteiger partial charge < -0.3 is 25.6 Å². The molecule has 1 atom stereocenters. The van der Waals surface area contributed by atoms with Crippen molar-refractivity contribution in [2.75, 3.05) is 46.1 Å². The molecule has 0 fully saturated rings. The van der Waals surface area contributed by atoms with Gasteiger partial charge in [0.2, 0.25) is 0 Å². The van der Waals surface area contributed by atoms with Crippen molar-refractivity contribution in [3.05, 3.63) is 0 Å². The Morgan fingerprint density at radius 3 is 1.31 bits per heavy atom. The second kappa shape index (κ2) is 32.8. The van der Waals surface area contributed by atoms with Crippen molar-refractivity contribution in [1.82, 2.24) is 5.32 Å². The number of nitrogens with one attached hydrogen (secondary N) is 1. The Balaban J connectivity index is 3.05. The summed E-state index contributed by atoms with van der Waals surface area (Å²) in [6, 6.07) is 0. The number of rotatable bonds is 32. The van der Waals surface area contributed by atoms with E-state index in [-0.39, 0.29) is 0 Å². The third kappa shape index (κ3) is 31.8. The van der Waals surface area contributed by atoms with Crippen molar-refractivity contribution in [1.29, 1.82) is 0 Å². The molecule has 0 spiro atoms. The number of nitrogens with two attached hydrogens (primary N) is 1. The highest BCUT2D eigenvalue weighted by atomic mass is 16.5. The van der Waals surface area contributed by atoms with Crippen LogP contribution in [0.15, 0.2) is 0 Å². The maximum absolute atomic E-state index is 9.73. The van der Waals surface area contributed by atoms with Crippen molar-refractivity contribution in [3.8, 4) is 0 Å². The van der Waals surface area contributed by atoms with E-state index in [2.05, 4.69) is 12.2 Å². The minimum absolute atomic E-state index is 0.421. The van der Waals surface area contributed by atoms with Gasteiger partial charge in [0.15, 0.2) is 0 Å². The molecule has 4 N–H and O–H groups in total. The second-order valence-electron chi connectivity index (χ2n) is 10.8. The van der Waals surface area contributed by atoms with Crippen LogP contribution in [0, 0.1) is 0 Å². The molecule has 0 saturated heterocycles. The molecule has 5 heteroatoms. The van der Waals surface area contributed by atoms with Crippen LogP contribution < -0.4 is 11.1 Å². The molecule has 0 radical (unpaired) electrons. The fraction of sp³-hybridized carbons (Fsp3) is 1.00. The van der Waals surface area contributed by atoms with Gasteiger partial charge in [0.05, 0.1) is 12.7 Å². The third-order valence-electron chi connectivity index (χ3n) is 6.98. The summed E-state index contributed by atoms with van der Waals surface area (Å²) < 4.78 is 11.4. The molecule has 5 nitrogen and oxygen atoms in total. The van der Waals surface area contributed by atoms with Crippen LogP contribution in [0.4, 0.5) is 0 Å². The Bertz CT molecular complexity index is 385. The van der Waals surface area contributed by atoms with Crippen LogP contribution in [0.25, 0.3) is 0 Å². The van der Waals surface area contributed by atoms with E-state index in [0.29, 0.717) is 19.7 Å². The average Bonchev–Trinajstić information content (AvgIpc) is 2.88. The molecule has 36 heavy (non-hydrogen) atoms. The van der Waals surface area contributed by atoms with Gasteiger partial charge in [-0.15, -0.1) is 0 Å². The van der Waals surface area contributed by atoms with Crippen LogP contribution in [0.3, 0.4) is 0 Å². The number of unbranched alkanes of at least 4 members (excludes halogenated alkanes) is 20. The van der Waals surface area contributed by atoms with Gasteiger partial charge in [-0.3, -0.25) is 0 Å². The molecular formula is C31H66N2O3. The number of hydrogen-bond acceptors (Lipinski definition) is 5. The Kier molecular flexibility index (Phi) is 32.6. The van der Waals surface area contributed by atoms with Crippen molar-refractivity contribution < 1.29 is 14.6 Å². The van der Waals surface area contributed by atoms with Crippen molar-refractivity contribution in [2.45, 2.75) is 154 Å². The Morgan fingerprint density at radius 1 is 0.556 bits per heavy atom. The first-order valence-electron chi connectivity index (χ1n) is 16.1. The number of hydrogen-bond donors (Lipinski definition) is 3. The van der Waals surface area contributed by atoms with Crippen LogP contribution in [0.2, 0.25) is 0 Å². The van der Waals surface area contributed by atoms with Crippen molar-refractivity contribution >= 4 is 0 Å². The lowest BCUT2D eigenvalue weighted by atomic mass is 10.1. The summed E-state index contributed by atoms with van der Waals surface area (Å²) in [5, 5.41) is 12.8. The molecular weight excluding hydrogens is 448 g/mol. The van der Waals surface area contributed by atoms with Gasteiger partial charge in [0, 0.05) is 39.5 Å². The molecule has 0 aromatic carbocycles. The summed E-state index contributed by atoms with van der Waals surface area (Å²) >= 11 is 0. The fourth-order valence-electron chi connectivity index (χ4n) is 4.62. The van der Waals surface area contributed by atoms with Gasteiger partial charge >= 0.3 is 0 Å². The highest BCUT2D eigenvalue weighted by Crippen LogP contribution is 2.13. The molecule has 0 aliphatic rings. The van der Waals surface area contributed by atoms with Crippen molar-refractivity contribution in [3.63, 3.8) is 0 Å². The first kappa shape index (κ1) is 35.8. The zero-order valence-electron chi connectivity index (χ0n) is 24.4. The minimum atomic E-state index is -0.427. The van der Waals surface area contributed by atoms with Gasteiger partial charge in [0.25, 0.3) is 0 Å². The first-order chi connectivity index (χ1) is 17.8. The van der Waals surface area contributed by atoms with E-state index in [1.165, 1.54) is 135 Å². The summed E-state index contributed by atoms with van der Waals surface area (Å²) in [4.78, 5) is 0. The Hall–Kier alpha value is -0.200. The number of ether oxygens (including phenoxy) is 2. The number of aliphatic hydroxyl groups is 1. The largest absolute Gasteiger partial charge is 0.389 e. The first-order valence-corrected chi connectivity index (χ1v) is 16.1. The van der Waals surface area contributed by atoms with Crippen LogP contribution in [0.1, 0.15) is 148 Å². The van der Waals surface area contributed by atoms with Crippen LogP contribution >= 0.6 is 0 Å². The van der Waals surface area contributed by atoms with E-state index in [1.54, 1.807) is 0 Å². The molecule has 0 aromatic rings. The molecule has 0 saturated carbocycles. The molecule has 0 aromatic heterocycles. The molecule has 0 aliphatic heterocycles. The minimum Gasteiger partial charge on any atom is -0.389 e. The van der Waals surface area contributed by atoms with E-state index < -0.39 is 6.10 Å². The molecule has 0 heterocycles. The Labute approximate surface area is 226 Å². The molecule has 0 amide bonds. The summed E-state index contributed by atoms with van der Waals surface area (Å²) in [6.07, 6.45) is 29.4. The lowest BCUT2D eigenvalue weighted by molar-refractivity contribution is 0.0356. The smallest absolute Gasteiger partial charge is 0.0897 e. The highest BCUT2D eigenvalue weighted by Gasteiger charge is 2.03. The standard InChI is InChI=1S/C31H66N2O3/c1-2-3-4-5-6-7-12-15-18-21-26-35-27-22-19-16-13-10-8-9-11-14-17-20-23-28-36-30-31(34)29-33-25-24-32/h31,33-34H,2-30,32H2,1H3. The predicted octanol–water partition coefficient (Wildman–Crippen LogP) is 7.53. The summed E-state index contributed by atoms with van der Waals surface area (Å²) in [5.41, 5.74) is 5.41.